The largest absolute Gasteiger partial charge is 0.497 e. The third-order valence-electron chi connectivity index (χ3n) is 6.17. The Morgan fingerprint density at radius 2 is 1.80 bits per heavy atom. The van der Waals surface area contributed by atoms with Crippen LogP contribution in [0.25, 0.3) is 0 Å². The molecule has 5 heteroatoms. The smallest absolute Gasteiger partial charge is 0.257 e. The lowest BCUT2D eigenvalue weighted by Crippen LogP contribution is -2.40. The topological polar surface area (TPSA) is 45.1 Å². The van der Waals surface area contributed by atoms with Crippen molar-refractivity contribution in [2.75, 3.05) is 26.7 Å². The summed E-state index contributed by atoms with van der Waals surface area (Å²) in [4.78, 5) is 15.6. The first-order valence-electron chi connectivity index (χ1n) is 10.9. The van der Waals surface area contributed by atoms with Crippen molar-refractivity contribution in [2.24, 2.45) is 5.10 Å². The van der Waals surface area contributed by atoms with E-state index in [-0.39, 0.29) is 11.9 Å². The second-order valence-corrected chi connectivity index (χ2v) is 8.43. The van der Waals surface area contributed by atoms with E-state index >= 15 is 0 Å². The lowest BCUT2D eigenvalue weighted by molar-refractivity contribution is -0.134. The van der Waals surface area contributed by atoms with Gasteiger partial charge in [-0.3, -0.25) is 9.69 Å². The first kappa shape index (κ1) is 20.6. The Bertz CT molecular complexity index is 930. The summed E-state index contributed by atoms with van der Waals surface area (Å²) in [7, 11) is 1.67. The van der Waals surface area contributed by atoms with E-state index in [0.717, 1.165) is 42.1 Å². The summed E-state index contributed by atoms with van der Waals surface area (Å²) >= 11 is 0. The summed E-state index contributed by atoms with van der Waals surface area (Å²) in [5.74, 6) is 0.899. The molecule has 158 valence electrons. The van der Waals surface area contributed by atoms with Crippen molar-refractivity contribution in [3.8, 4) is 5.75 Å². The summed E-state index contributed by atoms with van der Waals surface area (Å²) in [5, 5.41) is 6.58. The molecule has 1 atom stereocenters. The standard InChI is InChI=1S/C25H31N3O2/c1-18-7-12-22(19(2)15-18)23-16-24(20-8-10-21(30-3)11-9-20)28(26-23)25(29)17-27-13-5-4-6-14-27/h7-12,15,24H,4-6,13-14,16-17H2,1-3H3/t24-/m1/s1. The molecule has 0 radical (unpaired) electrons. The number of piperidine rings is 1. The summed E-state index contributed by atoms with van der Waals surface area (Å²) in [6.45, 7) is 6.66. The molecule has 1 fully saturated rings. The third-order valence-corrected chi connectivity index (χ3v) is 6.17. The van der Waals surface area contributed by atoms with E-state index in [4.69, 9.17) is 9.84 Å². The van der Waals surface area contributed by atoms with Crippen LogP contribution in [0.4, 0.5) is 0 Å². The van der Waals surface area contributed by atoms with E-state index in [0.29, 0.717) is 6.54 Å². The van der Waals surface area contributed by atoms with Gasteiger partial charge < -0.3 is 4.74 Å². The number of aryl methyl sites for hydroxylation is 2. The van der Waals surface area contributed by atoms with Gasteiger partial charge in [0.15, 0.2) is 0 Å². The van der Waals surface area contributed by atoms with Gasteiger partial charge in [0.1, 0.15) is 5.75 Å². The number of likely N-dealkylation sites (tertiary alicyclic amines) is 1. The summed E-state index contributed by atoms with van der Waals surface area (Å²) in [5.41, 5.74) is 5.64. The van der Waals surface area contributed by atoms with E-state index in [1.54, 1.807) is 12.1 Å². The Hall–Kier alpha value is -2.66. The van der Waals surface area contributed by atoms with Gasteiger partial charge in [0.25, 0.3) is 5.91 Å². The molecule has 0 saturated carbocycles. The fraction of sp³-hybridized carbons (Fsp3) is 0.440. The number of carbonyl (C=O) groups excluding carboxylic acids is 1. The molecule has 0 N–H and O–H groups in total. The number of hydrazone groups is 1. The third kappa shape index (κ3) is 4.41. The van der Waals surface area contributed by atoms with Crippen molar-refractivity contribution < 1.29 is 9.53 Å². The second kappa shape index (κ2) is 9.00. The highest BCUT2D eigenvalue weighted by atomic mass is 16.5. The molecule has 2 aromatic carbocycles. The molecule has 1 saturated heterocycles. The van der Waals surface area contributed by atoms with Crippen LogP contribution < -0.4 is 4.74 Å². The minimum absolute atomic E-state index is 0.0797. The maximum Gasteiger partial charge on any atom is 0.257 e. The number of hydrogen-bond acceptors (Lipinski definition) is 4. The molecule has 2 aromatic rings. The van der Waals surface area contributed by atoms with Crippen molar-refractivity contribution >= 4 is 11.6 Å². The maximum atomic E-state index is 13.3. The Balaban J connectivity index is 1.62. The minimum Gasteiger partial charge on any atom is -0.497 e. The average molecular weight is 406 g/mol. The number of hydrogen-bond donors (Lipinski definition) is 0. The van der Waals surface area contributed by atoms with Crippen LogP contribution in [0.1, 0.15) is 54.0 Å². The molecule has 30 heavy (non-hydrogen) atoms. The number of amides is 1. The number of carbonyl (C=O) groups is 1. The van der Waals surface area contributed by atoms with Crippen LogP contribution in [0.5, 0.6) is 5.75 Å². The highest BCUT2D eigenvalue weighted by Gasteiger charge is 2.34. The lowest BCUT2D eigenvalue weighted by atomic mass is 9.95. The molecular weight excluding hydrogens is 374 g/mol. The molecule has 2 aliphatic rings. The first-order chi connectivity index (χ1) is 14.5. The average Bonchev–Trinajstić information content (AvgIpc) is 3.20. The highest BCUT2D eigenvalue weighted by Crippen LogP contribution is 2.34. The van der Waals surface area contributed by atoms with Gasteiger partial charge in [0.2, 0.25) is 0 Å². The Morgan fingerprint density at radius 3 is 2.47 bits per heavy atom. The number of rotatable bonds is 5. The highest BCUT2D eigenvalue weighted by molar-refractivity contribution is 6.04. The second-order valence-electron chi connectivity index (χ2n) is 8.43. The van der Waals surface area contributed by atoms with Gasteiger partial charge in [-0.15, -0.1) is 0 Å². The number of nitrogens with zero attached hydrogens (tertiary/aromatic N) is 3. The number of ether oxygens (including phenoxy) is 1. The van der Waals surface area contributed by atoms with Gasteiger partial charge in [-0.2, -0.15) is 5.10 Å². The quantitative estimate of drug-likeness (QED) is 0.737. The van der Waals surface area contributed by atoms with Gasteiger partial charge in [-0.1, -0.05) is 42.3 Å². The zero-order valence-electron chi connectivity index (χ0n) is 18.2. The van der Waals surface area contributed by atoms with E-state index in [1.165, 1.54) is 30.4 Å². The van der Waals surface area contributed by atoms with E-state index in [2.05, 4.69) is 36.9 Å². The van der Waals surface area contributed by atoms with Crippen LogP contribution in [0.2, 0.25) is 0 Å². The van der Waals surface area contributed by atoms with Gasteiger partial charge >= 0.3 is 0 Å². The van der Waals surface area contributed by atoms with Crippen LogP contribution in [-0.2, 0) is 4.79 Å². The van der Waals surface area contributed by atoms with Crippen molar-refractivity contribution in [2.45, 2.75) is 45.6 Å². The fourth-order valence-electron chi connectivity index (χ4n) is 4.51. The monoisotopic (exact) mass is 405 g/mol. The zero-order valence-corrected chi connectivity index (χ0v) is 18.2. The molecule has 2 heterocycles. The summed E-state index contributed by atoms with van der Waals surface area (Å²) in [6, 6.07) is 14.4. The van der Waals surface area contributed by atoms with Gasteiger partial charge in [-0.05, 0) is 63.0 Å². The number of benzene rings is 2. The number of methoxy groups -OCH3 is 1. The van der Waals surface area contributed by atoms with E-state index in [9.17, 15) is 4.79 Å². The van der Waals surface area contributed by atoms with Gasteiger partial charge in [0.05, 0.1) is 25.4 Å². The van der Waals surface area contributed by atoms with Crippen LogP contribution >= 0.6 is 0 Å². The maximum absolute atomic E-state index is 13.3. The zero-order chi connectivity index (χ0) is 21.1. The molecule has 1 amide bonds. The van der Waals surface area contributed by atoms with Gasteiger partial charge in [-0.25, -0.2) is 5.01 Å². The molecule has 0 spiro atoms. The van der Waals surface area contributed by atoms with Crippen LogP contribution in [0.15, 0.2) is 47.6 Å². The molecule has 0 aliphatic carbocycles. The van der Waals surface area contributed by atoms with Gasteiger partial charge in [0, 0.05) is 12.0 Å². The Kier molecular flexibility index (Phi) is 6.18. The van der Waals surface area contributed by atoms with Crippen LogP contribution in [0, 0.1) is 13.8 Å². The fourth-order valence-corrected chi connectivity index (χ4v) is 4.51. The van der Waals surface area contributed by atoms with E-state index in [1.807, 2.05) is 24.3 Å². The predicted molar refractivity (Wildman–Crippen MR) is 120 cm³/mol. The normalized spacial score (nSPS) is 19.6. The van der Waals surface area contributed by atoms with Crippen LogP contribution in [-0.4, -0.2) is 48.3 Å². The molecule has 4 rings (SSSR count). The summed E-state index contributed by atoms with van der Waals surface area (Å²) in [6.07, 6.45) is 4.33. The molecule has 2 aliphatic heterocycles. The molecule has 0 bridgehead atoms. The van der Waals surface area contributed by atoms with Crippen LogP contribution in [0.3, 0.4) is 0 Å². The first-order valence-corrected chi connectivity index (χ1v) is 10.9. The molecular formula is C25H31N3O2. The molecule has 5 nitrogen and oxygen atoms in total. The van der Waals surface area contributed by atoms with Crippen molar-refractivity contribution in [3.63, 3.8) is 0 Å². The Labute approximate surface area is 179 Å². The predicted octanol–water partition coefficient (Wildman–Crippen LogP) is 4.48. The van der Waals surface area contributed by atoms with E-state index < -0.39 is 0 Å². The lowest BCUT2D eigenvalue weighted by Gasteiger charge is -2.29. The SMILES string of the molecule is COc1ccc([C@H]2CC(c3ccc(C)cc3C)=NN2C(=O)CN2CCCCC2)cc1. The molecule has 0 aromatic heterocycles. The Morgan fingerprint density at radius 1 is 1.07 bits per heavy atom. The minimum atomic E-state index is -0.0797. The van der Waals surface area contributed by atoms with Crippen molar-refractivity contribution in [3.05, 3.63) is 64.7 Å². The van der Waals surface area contributed by atoms with Crippen molar-refractivity contribution in [1.29, 1.82) is 0 Å². The summed E-state index contributed by atoms with van der Waals surface area (Å²) < 4.78 is 5.31. The molecule has 0 unspecified atom stereocenters. The van der Waals surface area contributed by atoms with Crippen molar-refractivity contribution in [1.82, 2.24) is 9.91 Å².